The van der Waals surface area contributed by atoms with Crippen molar-refractivity contribution in [1.29, 1.82) is 0 Å². The minimum absolute atomic E-state index is 0.0394. The Morgan fingerprint density at radius 1 is 0.962 bits per heavy atom. The van der Waals surface area contributed by atoms with Gasteiger partial charge in [-0.05, 0) is 47.4 Å². The molecule has 0 aliphatic heterocycles. The highest BCUT2D eigenvalue weighted by Gasteiger charge is 2.13. The summed E-state index contributed by atoms with van der Waals surface area (Å²) in [6.07, 6.45) is 0.0394. The van der Waals surface area contributed by atoms with E-state index in [1.54, 1.807) is 0 Å². The van der Waals surface area contributed by atoms with Crippen molar-refractivity contribution in [1.82, 2.24) is 0 Å². The molecule has 0 aromatic heterocycles. The highest BCUT2D eigenvalue weighted by molar-refractivity contribution is 5.97. The van der Waals surface area contributed by atoms with Crippen molar-refractivity contribution in [2.24, 2.45) is 0 Å². The first kappa shape index (κ1) is 19.6. The molecule has 0 bridgehead atoms. The van der Waals surface area contributed by atoms with Crippen LogP contribution in [0.3, 0.4) is 0 Å². The number of ketones is 1. The molecule has 0 unspecified atom stereocenters. The van der Waals surface area contributed by atoms with Crippen LogP contribution in [0.25, 0.3) is 0 Å². The van der Waals surface area contributed by atoms with E-state index in [1.807, 2.05) is 24.3 Å². The monoisotopic (exact) mass is 358 g/mol. The summed E-state index contributed by atoms with van der Waals surface area (Å²) in [6.45, 7) is 6.19. The minimum Gasteiger partial charge on any atom is -0.493 e. The quantitative estimate of drug-likeness (QED) is 0.546. The van der Waals surface area contributed by atoms with Crippen LogP contribution in [0.4, 0.5) is 4.39 Å². The van der Waals surface area contributed by atoms with Gasteiger partial charge in [-0.25, -0.2) is 4.39 Å². The largest absolute Gasteiger partial charge is 0.493 e. The molecule has 2 aromatic rings. The topological polar surface area (TPSA) is 52.6 Å². The molecule has 0 radical (unpaired) electrons. The van der Waals surface area contributed by atoms with Gasteiger partial charge in [0.05, 0.1) is 13.0 Å². The van der Waals surface area contributed by atoms with E-state index in [0.29, 0.717) is 11.3 Å². The number of ether oxygens (including phenoxy) is 2. The molecule has 2 rings (SSSR count). The van der Waals surface area contributed by atoms with Crippen molar-refractivity contribution in [3.63, 3.8) is 0 Å². The van der Waals surface area contributed by atoms with Gasteiger partial charge in [0.2, 0.25) is 0 Å². The number of carbonyl (C=O) groups excluding carboxylic acids is 2. The Kier molecular flexibility index (Phi) is 6.50. The average molecular weight is 358 g/mol. The third-order valence-electron chi connectivity index (χ3n) is 3.83. The van der Waals surface area contributed by atoms with Crippen LogP contribution in [-0.4, -0.2) is 25.0 Å². The van der Waals surface area contributed by atoms with Crippen LogP contribution in [0.1, 0.15) is 43.1 Å². The van der Waals surface area contributed by atoms with E-state index in [2.05, 4.69) is 20.8 Å². The van der Waals surface area contributed by atoms with Crippen molar-refractivity contribution in [3.8, 4) is 5.75 Å². The summed E-state index contributed by atoms with van der Waals surface area (Å²) in [5.41, 5.74) is 1.57. The van der Waals surface area contributed by atoms with Crippen LogP contribution < -0.4 is 4.74 Å². The molecule has 0 aliphatic rings. The summed E-state index contributed by atoms with van der Waals surface area (Å²) in [5, 5.41) is 0. The van der Waals surface area contributed by atoms with Gasteiger partial charge in [0.1, 0.15) is 11.6 Å². The van der Waals surface area contributed by atoms with Crippen molar-refractivity contribution in [3.05, 3.63) is 65.5 Å². The third-order valence-corrected chi connectivity index (χ3v) is 3.83. The van der Waals surface area contributed by atoms with E-state index in [9.17, 15) is 14.0 Å². The lowest BCUT2D eigenvalue weighted by Gasteiger charge is -2.19. The molecule has 5 heteroatoms. The average Bonchev–Trinajstić information content (AvgIpc) is 2.60. The molecule has 2 aromatic carbocycles. The molecule has 0 fully saturated rings. The van der Waals surface area contributed by atoms with Crippen molar-refractivity contribution < 1.29 is 23.5 Å². The van der Waals surface area contributed by atoms with Gasteiger partial charge in [0, 0.05) is 5.56 Å². The van der Waals surface area contributed by atoms with E-state index >= 15 is 0 Å². The van der Waals surface area contributed by atoms with Crippen LogP contribution in [0, 0.1) is 5.82 Å². The first-order valence-corrected chi connectivity index (χ1v) is 8.43. The van der Waals surface area contributed by atoms with Gasteiger partial charge in [0.15, 0.2) is 12.4 Å². The summed E-state index contributed by atoms with van der Waals surface area (Å²) in [4.78, 5) is 23.5. The van der Waals surface area contributed by atoms with E-state index in [1.165, 1.54) is 29.8 Å². The Labute approximate surface area is 152 Å². The molecular formula is C21H23FO4. The zero-order valence-corrected chi connectivity index (χ0v) is 15.3. The molecule has 0 N–H and O–H groups in total. The van der Waals surface area contributed by atoms with Gasteiger partial charge < -0.3 is 9.47 Å². The van der Waals surface area contributed by atoms with Gasteiger partial charge in [-0.1, -0.05) is 32.9 Å². The fourth-order valence-electron chi connectivity index (χ4n) is 2.24. The molecule has 4 nitrogen and oxygen atoms in total. The van der Waals surface area contributed by atoms with E-state index in [0.717, 1.165) is 0 Å². The molecule has 0 spiro atoms. The number of esters is 1. The Hall–Kier alpha value is -2.69. The predicted molar refractivity (Wildman–Crippen MR) is 96.9 cm³/mol. The second-order valence-electron chi connectivity index (χ2n) is 6.96. The molecule has 138 valence electrons. The lowest BCUT2D eigenvalue weighted by Crippen LogP contribution is -2.16. The number of rotatable bonds is 7. The summed E-state index contributed by atoms with van der Waals surface area (Å²) < 4.78 is 23.3. The fourth-order valence-corrected chi connectivity index (χ4v) is 2.24. The third kappa shape index (κ3) is 5.99. The number of halogens is 1. The lowest BCUT2D eigenvalue weighted by molar-refractivity contribution is -0.143. The normalized spacial score (nSPS) is 11.1. The zero-order chi connectivity index (χ0) is 19.2. The Bertz CT molecular complexity index is 743. The van der Waals surface area contributed by atoms with Crippen LogP contribution in [0.15, 0.2) is 48.5 Å². The molecule has 0 atom stereocenters. The van der Waals surface area contributed by atoms with Gasteiger partial charge >= 0.3 is 5.97 Å². The molecule has 0 saturated carbocycles. The highest BCUT2D eigenvalue weighted by atomic mass is 19.1. The van der Waals surface area contributed by atoms with Crippen LogP contribution in [0.2, 0.25) is 0 Å². The minimum atomic E-state index is -0.522. The van der Waals surface area contributed by atoms with Gasteiger partial charge in [-0.3, -0.25) is 9.59 Å². The Balaban J connectivity index is 1.72. The number of carbonyl (C=O) groups is 2. The maximum atomic E-state index is 12.8. The number of hydrogen-bond acceptors (Lipinski definition) is 4. The molecule has 0 heterocycles. The molecule has 26 heavy (non-hydrogen) atoms. The molecule has 0 amide bonds. The lowest BCUT2D eigenvalue weighted by atomic mass is 9.87. The number of Topliss-reactive ketones (excluding diaryl/α,β-unsaturated/α-hetero) is 1. The molecule has 0 aliphatic carbocycles. The Morgan fingerprint density at radius 3 is 2.15 bits per heavy atom. The van der Waals surface area contributed by atoms with Crippen LogP contribution >= 0.6 is 0 Å². The van der Waals surface area contributed by atoms with Gasteiger partial charge in [-0.2, -0.15) is 0 Å². The fraction of sp³-hybridized carbons (Fsp3) is 0.333. The Morgan fingerprint density at radius 2 is 1.58 bits per heavy atom. The standard InChI is InChI=1S/C21H23FO4/c1-21(2,3)16-6-10-18(11-7-16)25-13-12-20(24)26-14-19(23)15-4-8-17(22)9-5-15/h4-11H,12-14H2,1-3H3. The second-order valence-corrected chi connectivity index (χ2v) is 6.96. The smallest absolute Gasteiger partial charge is 0.309 e. The van der Waals surface area contributed by atoms with Crippen LogP contribution in [-0.2, 0) is 14.9 Å². The first-order valence-electron chi connectivity index (χ1n) is 8.43. The van der Waals surface area contributed by atoms with Crippen molar-refractivity contribution in [2.45, 2.75) is 32.6 Å². The zero-order valence-electron chi connectivity index (χ0n) is 15.3. The van der Waals surface area contributed by atoms with Crippen LogP contribution in [0.5, 0.6) is 5.75 Å². The maximum Gasteiger partial charge on any atom is 0.309 e. The number of hydrogen-bond donors (Lipinski definition) is 0. The number of benzene rings is 2. The van der Waals surface area contributed by atoms with Crippen molar-refractivity contribution >= 4 is 11.8 Å². The van der Waals surface area contributed by atoms with E-state index in [4.69, 9.17) is 9.47 Å². The maximum absolute atomic E-state index is 12.8. The molecular weight excluding hydrogens is 335 g/mol. The first-order chi connectivity index (χ1) is 12.3. The van der Waals surface area contributed by atoms with Crippen molar-refractivity contribution in [2.75, 3.05) is 13.2 Å². The van der Waals surface area contributed by atoms with Gasteiger partial charge in [-0.15, -0.1) is 0 Å². The van der Waals surface area contributed by atoms with Gasteiger partial charge in [0.25, 0.3) is 0 Å². The summed E-state index contributed by atoms with van der Waals surface area (Å²) in [5.74, 6) is -0.650. The highest BCUT2D eigenvalue weighted by Crippen LogP contribution is 2.24. The SMILES string of the molecule is CC(C)(C)c1ccc(OCCC(=O)OCC(=O)c2ccc(F)cc2)cc1. The summed E-state index contributed by atoms with van der Waals surface area (Å²) >= 11 is 0. The summed E-state index contributed by atoms with van der Waals surface area (Å²) in [7, 11) is 0. The molecule has 0 saturated heterocycles. The summed E-state index contributed by atoms with van der Waals surface area (Å²) in [6, 6.07) is 12.8. The van der Waals surface area contributed by atoms with E-state index < -0.39 is 11.8 Å². The van der Waals surface area contributed by atoms with E-state index in [-0.39, 0.29) is 30.8 Å². The predicted octanol–water partition coefficient (Wildman–Crippen LogP) is 4.32. The second kappa shape index (κ2) is 8.61.